The number of hydrogen-bond donors (Lipinski definition) is 2. The maximum Gasteiger partial charge on any atom is 0.277 e. The van der Waals surface area contributed by atoms with Crippen molar-refractivity contribution in [3.8, 4) is 0 Å². The molecule has 0 spiro atoms. The van der Waals surface area contributed by atoms with Crippen molar-refractivity contribution in [2.75, 3.05) is 0 Å². The highest BCUT2D eigenvalue weighted by Crippen LogP contribution is 2.24. The summed E-state index contributed by atoms with van der Waals surface area (Å²) in [6, 6.07) is 6.29. The van der Waals surface area contributed by atoms with Crippen LogP contribution in [0.4, 0.5) is 0 Å². The van der Waals surface area contributed by atoms with Crippen LogP contribution < -0.4 is 10.9 Å². The molecule has 4 rings (SSSR count). The fourth-order valence-corrected chi connectivity index (χ4v) is 3.99. The van der Waals surface area contributed by atoms with Gasteiger partial charge in [0.25, 0.3) is 5.56 Å². The number of H-pyrrole nitrogens is 1. The number of nitrogens with one attached hydrogen (secondary N) is 2. The summed E-state index contributed by atoms with van der Waals surface area (Å²) in [4.78, 5) is 32.7. The Balaban J connectivity index is 1.47. The SMILES string of the molecule is Cc1ccc2[nH]c3c(=O)n(CCC(=O)NC4CCC(C)CC4)cnc3c2c1. The summed E-state index contributed by atoms with van der Waals surface area (Å²) in [7, 11) is 0. The zero-order chi connectivity index (χ0) is 19.0. The van der Waals surface area contributed by atoms with Gasteiger partial charge in [-0.15, -0.1) is 0 Å². The van der Waals surface area contributed by atoms with Gasteiger partial charge < -0.3 is 10.3 Å². The molecular formula is C21H26N4O2. The lowest BCUT2D eigenvalue weighted by atomic mass is 9.87. The van der Waals surface area contributed by atoms with Gasteiger partial charge in [-0.25, -0.2) is 4.98 Å². The first-order chi connectivity index (χ1) is 13.0. The van der Waals surface area contributed by atoms with E-state index in [2.05, 4.69) is 22.2 Å². The van der Waals surface area contributed by atoms with Crippen LogP contribution in [0.25, 0.3) is 21.9 Å². The minimum absolute atomic E-state index is 0.00817. The molecule has 2 heterocycles. The molecule has 2 aromatic heterocycles. The summed E-state index contributed by atoms with van der Waals surface area (Å²) >= 11 is 0. The summed E-state index contributed by atoms with van der Waals surface area (Å²) in [6.45, 7) is 4.62. The molecular weight excluding hydrogens is 340 g/mol. The Kier molecular flexibility index (Phi) is 4.72. The number of aromatic amines is 1. The quantitative estimate of drug-likeness (QED) is 0.744. The van der Waals surface area contributed by atoms with Gasteiger partial charge in [0.05, 0.1) is 6.33 Å². The van der Waals surface area contributed by atoms with E-state index in [9.17, 15) is 9.59 Å². The third-order valence-corrected chi connectivity index (χ3v) is 5.69. The van der Waals surface area contributed by atoms with Crippen LogP contribution in [0.3, 0.4) is 0 Å². The molecule has 1 fully saturated rings. The summed E-state index contributed by atoms with van der Waals surface area (Å²) in [5.41, 5.74) is 3.09. The van der Waals surface area contributed by atoms with Crippen LogP contribution in [0.1, 0.15) is 44.6 Å². The first-order valence-electron chi connectivity index (χ1n) is 9.78. The molecule has 2 N–H and O–H groups in total. The molecule has 0 aliphatic heterocycles. The molecule has 0 saturated heterocycles. The van der Waals surface area contributed by atoms with Gasteiger partial charge in [-0.05, 0) is 50.7 Å². The summed E-state index contributed by atoms with van der Waals surface area (Å²) < 4.78 is 1.52. The second-order valence-corrected chi connectivity index (χ2v) is 7.92. The van der Waals surface area contributed by atoms with Crippen molar-refractivity contribution >= 4 is 27.8 Å². The molecule has 1 saturated carbocycles. The van der Waals surface area contributed by atoms with Crippen molar-refractivity contribution in [2.45, 2.75) is 58.5 Å². The van der Waals surface area contributed by atoms with Crippen LogP contribution in [-0.4, -0.2) is 26.5 Å². The van der Waals surface area contributed by atoms with E-state index in [0.29, 0.717) is 24.0 Å². The molecule has 0 radical (unpaired) electrons. The lowest BCUT2D eigenvalue weighted by Crippen LogP contribution is -2.38. The number of aromatic nitrogens is 3. The number of benzene rings is 1. The minimum atomic E-state index is -0.131. The number of fused-ring (bicyclic) bond motifs is 3. The number of amides is 1. The Morgan fingerprint density at radius 2 is 2.07 bits per heavy atom. The van der Waals surface area contributed by atoms with Crippen molar-refractivity contribution in [2.24, 2.45) is 5.92 Å². The predicted octanol–water partition coefficient (Wildman–Crippen LogP) is 3.27. The molecule has 3 aromatic rings. The second-order valence-electron chi connectivity index (χ2n) is 7.92. The monoisotopic (exact) mass is 366 g/mol. The van der Waals surface area contributed by atoms with E-state index in [0.717, 1.165) is 35.2 Å². The number of nitrogens with zero attached hydrogens (tertiary/aromatic N) is 2. The van der Waals surface area contributed by atoms with Gasteiger partial charge in [-0.3, -0.25) is 14.2 Å². The molecule has 1 aliphatic rings. The number of carbonyl (C=O) groups excluding carboxylic acids is 1. The first kappa shape index (κ1) is 17.8. The number of carbonyl (C=O) groups is 1. The molecule has 1 aliphatic carbocycles. The highest BCUT2D eigenvalue weighted by molar-refractivity contribution is 6.04. The average molecular weight is 366 g/mol. The fourth-order valence-electron chi connectivity index (χ4n) is 3.99. The van der Waals surface area contributed by atoms with Crippen LogP contribution in [-0.2, 0) is 11.3 Å². The van der Waals surface area contributed by atoms with E-state index in [4.69, 9.17) is 0 Å². The van der Waals surface area contributed by atoms with Gasteiger partial charge in [0.15, 0.2) is 0 Å². The van der Waals surface area contributed by atoms with Gasteiger partial charge in [-0.2, -0.15) is 0 Å². The molecule has 0 unspecified atom stereocenters. The van der Waals surface area contributed by atoms with Crippen LogP contribution in [0.15, 0.2) is 29.3 Å². The van der Waals surface area contributed by atoms with Crippen molar-refractivity contribution < 1.29 is 4.79 Å². The summed E-state index contributed by atoms with van der Waals surface area (Å²) in [5, 5.41) is 4.07. The van der Waals surface area contributed by atoms with Gasteiger partial charge in [0.1, 0.15) is 11.0 Å². The molecule has 0 bridgehead atoms. The van der Waals surface area contributed by atoms with E-state index in [1.54, 1.807) is 6.33 Å². The van der Waals surface area contributed by atoms with Crippen LogP contribution in [0, 0.1) is 12.8 Å². The normalized spacial score (nSPS) is 20.2. The fraction of sp³-hybridized carbons (Fsp3) is 0.476. The predicted molar refractivity (Wildman–Crippen MR) is 107 cm³/mol. The zero-order valence-electron chi connectivity index (χ0n) is 15.9. The highest BCUT2D eigenvalue weighted by atomic mass is 16.2. The minimum Gasteiger partial charge on any atom is -0.353 e. The average Bonchev–Trinajstić information content (AvgIpc) is 3.02. The molecule has 142 valence electrons. The highest BCUT2D eigenvalue weighted by Gasteiger charge is 2.19. The Bertz CT molecular complexity index is 1040. The van der Waals surface area contributed by atoms with Crippen molar-refractivity contribution in [3.05, 3.63) is 40.4 Å². The van der Waals surface area contributed by atoms with Gasteiger partial charge in [-0.1, -0.05) is 18.6 Å². The standard InChI is InChI=1S/C21H26N4O2/c1-13-3-6-15(7-4-13)23-18(26)9-10-25-12-22-19-16-11-14(2)5-8-17(16)24-20(19)21(25)27/h5,8,11-13,15,24H,3-4,6-7,9-10H2,1-2H3,(H,23,26). The lowest BCUT2D eigenvalue weighted by Gasteiger charge is -2.26. The number of aryl methyl sites for hydroxylation is 2. The smallest absolute Gasteiger partial charge is 0.277 e. The maximum atomic E-state index is 12.8. The van der Waals surface area contributed by atoms with Crippen LogP contribution >= 0.6 is 0 Å². The number of rotatable bonds is 4. The van der Waals surface area contributed by atoms with Crippen molar-refractivity contribution in [1.82, 2.24) is 19.9 Å². The van der Waals surface area contributed by atoms with Gasteiger partial charge in [0, 0.05) is 29.9 Å². The third kappa shape index (κ3) is 3.61. The molecule has 1 aromatic carbocycles. The molecule has 1 amide bonds. The third-order valence-electron chi connectivity index (χ3n) is 5.69. The van der Waals surface area contributed by atoms with Gasteiger partial charge in [0.2, 0.25) is 5.91 Å². The van der Waals surface area contributed by atoms with Crippen molar-refractivity contribution in [1.29, 1.82) is 0 Å². The summed E-state index contributed by atoms with van der Waals surface area (Å²) in [5.74, 6) is 0.767. The lowest BCUT2D eigenvalue weighted by molar-refractivity contribution is -0.122. The largest absolute Gasteiger partial charge is 0.353 e. The zero-order valence-corrected chi connectivity index (χ0v) is 15.9. The van der Waals surface area contributed by atoms with E-state index in [1.165, 1.54) is 17.4 Å². The molecule has 6 nitrogen and oxygen atoms in total. The first-order valence-corrected chi connectivity index (χ1v) is 9.78. The van der Waals surface area contributed by atoms with E-state index in [1.807, 2.05) is 25.1 Å². The van der Waals surface area contributed by atoms with Gasteiger partial charge >= 0.3 is 0 Å². The Labute approximate surface area is 158 Å². The van der Waals surface area contributed by atoms with E-state index in [-0.39, 0.29) is 17.5 Å². The second kappa shape index (κ2) is 7.18. The Morgan fingerprint density at radius 1 is 1.30 bits per heavy atom. The van der Waals surface area contributed by atoms with Crippen LogP contribution in [0.2, 0.25) is 0 Å². The number of hydrogen-bond acceptors (Lipinski definition) is 3. The Morgan fingerprint density at radius 3 is 2.85 bits per heavy atom. The molecule has 6 heteroatoms. The maximum absolute atomic E-state index is 12.8. The van der Waals surface area contributed by atoms with E-state index >= 15 is 0 Å². The topological polar surface area (TPSA) is 79.8 Å². The molecule has 0 atom stereocenters. The van der Waals surface area contributed by atoms with E-state index < -0.39 is 0 Å². The Hall–Kier alpha value is -2.63. The van der Waals surface area contributed by atoms with Crippen LogP contribution in [0.5, 0.6) is 0 Å². The van der Waals surface area contributed by atoms with Crippen molar-refractivity contribution in [3.63, 3.8) is 0 Å². The molecule has 27 heavy (non-hydrogen) atoms. The summed E-state index contributed by atoms with van der Waals surface area (Å²) in [6.07, 6.45) is 6.29.